The Hall–Kier alpha value is -1.20. The maximum absolute atomic E-state index is 5.83. The van der Waals surface area contributed by atoms with Crippen molar-refractivity contribution in [2.75, 3.05) is 31.1 Å². The van der Waals surface area contributed by atoms with Crippen molar-refractivity contribution in [2.24, 2.45) is 5.73 Å². The molecule has 4 nitrogen and oxygen atoms in total. The summed E-state index contributed by atoms with van der Waals surface area (Å²) < 4.78 is 0. The zero-order valence-electron chi connectivity index (χ0n) is 12.6. The smallest absolute Gasteiger partial charge is 0.139 e. The molecule has 0 bridgehead atoms. The van der Waals surface area contributed by atoms with Crippen LogP contribution in [0.3, 0.4) is 0 Å². The Labute approximate surface area is 127 Å². The van der Waals surface area contributed by atoms with Crippen LogP contribution in [0.5, 0.6) is 0 Å². The monoisotopic (exact) mass is 292 g/mol. The van der Waals surface area contributed by atoms with Crippen molar-refractivity contribution < 1.29 is 0 Å². The maximum Gasteiger partial charge on any atom is 0.139 e. The standard InChI is InChI=1S/C15H24N4S/c1-4-18(5-2)12-8-9-19(10-12)15-13(14(16)20)7-6-11(3)17-15/h6-7,12H,4-5,8-10H2,1-3H3,(H2,16,20). The second-order valence-corrected chi connectivity index (χ2v) is 5.74. The molecule has 0 saturated carbocycles. The molecule has 5 heteroatoms. The number of pyridine rings is 1. The Balaban J connectivity index is 2.21. The molecular weight excluding hydrogens is 268 g/mol. The second-order valence-electron chi connectivity index (χ2n) is 5.30. The van der Waals surface area contributed by atoms with Crippen molar-refractivity contribution in [2.45, 2.75) is 33.2 Å². The Bertz CT molecular complexity index is 485. The average Bonchev–Trinajstić information content (AvgIpc) is 2.89. The third kappa shape index (κ3) is 3.10. The lowest BCUT2D eigenvalue weighted by Crippen LogP contribution is -2.37. The van der Waals surface area contributed by atoms with Crippen molar-refractivity contribution in [1.82, 2.24) is 9.88 Å². The zero-order chi connectivity index (χ0) is 14.7. The summed E-state index contributed by atoms with van der Waals surface area (Å²) in [4.78, 5) is 9.93. The molecule has 1 atom stereocenters. The number of aromatic nitrogens is 1. The molecule has 1 saturated heterocycles. The van der Waals surface area contributed by atoms with Gasteiger partial charge in [-0.3, -0.25) is 4.90 Å². The lowest BCUT2D eigenvalue weighted by atomic mass is 10.2. The summed E-state index contributed by atoms with van der Waals surface area (Å²) in [5.74, 6) is 0.951. The topological polar surface area (TPSA) is 45.4 Å². The van der Waals surface area contributed by atoms with Crippen LogP contribution in [0, 0.1) is 6.92 Å². The number of hydrogen-bond donors (Lipinski definition) is 1. The van der Waals surface area contributed by atoms with Crippen LogP contribution in [-0.4, -0.2) is 47.1 Å². The molecule has 1 fully saturated rings. The summed E-state index contributed by atoms with van der Waals surface area (Å²) in [5.41, 5.74) is 7.73. The second kappa shape index (κ2) is 6.50. The van der Waals surface area contributed by atoms with Crippen LogP contribution in [0.25, 0.3) is 0 Å². The zero-order valence-corrected chi connectivity index (χ0v) is 13.4. The third-order valence-corrected chi connectivity index (χ3v) is 4.29. The van der Waals surface area contributed by atoms with Crippen molar-refractivity contribution in [3.05, 3.63) is 23.4 Å². The van der Waals surface area contributed by atoms with E-state index in [1.165, 1.54) is 6.42 Å². The SMILES string of the molecule is CCN(CC)C1CCN(c2nc(C)ccc2C(N)=S)C1. The molecule has 1 aromatic heterocycles. The van der Waals surface area contributed by atoms with Crippen LogP contribution in [-0.2, 0) is 0 Å². The van der Waals surface area contributed by atoms with Crippen LogP contribution < -0.4 is 10.6 Å². The minimum absolute atomic E-state index is 0.429. The molecule has 0 radical (unpaired) electrons. The van der Waals surface area contributed by atoms with Gasteiger partial charge in [-0.05, 0) is 38.6 Å². The van der Waals surface area contributed by atoms with E-state index in [2.05, 4.69) is 28.6 Å². The number of rotatable bonds is 5. The predicted molar refractivity (Wildman–Crippen MR) is 88.4 cm³/mol. The molecule has 1 aliphatic rings. The highest BCUT2D eigenvalue weighted by Gasteiger charge is 2.28. The molecule has 0 aliphatic carbocycles. The molecule has 2 N–H and O–H groups in total. The number of nitrogens with zero attached hydrogens (tertiary/aromatic N) is 3. The van der Waals surface area contributed by atoms with Gasteiger partial charge in [0.25, 0.3) is 0 Å². The summed E-state index contributed by atoms with van der Waals surface area (Å²) >= 11 is 5.16. The van der Waals surface area contributed by atoms with E-state index in [4.69, 9.17) is 18.0 Å². The van der Waals surface area contributed by atoms with E-state index in [-0.39, 0.29) is 0 Å². The highest BCUT2D eigenvalue weighted by atomic mass is 32.1. The van der Waals surface area contributed by atoms with Crippen LogP contribution >= 0.6 is 12.2 Å². The number of aryl methyl sites for hydroxylation is 1. The minimum atomic E-state index is 0.429. The first kappa shape index (κ1) is 15.2. The van der Waals surface area contributed by atoms with Gasteiger partial charge in [0.15, 0.2) is 0 Å². The summed E-state index contributed by atoms with van der Waals surface area (Å²) in [6.45, 7) is 10.7. The van der Waals surface area contributed by atoms with E-state index >= 15 is 0 Å². The van der Waals surface area contributed by atoms with E-state index in [0.29, 0.717) is 11.0 Å². The van der Waals surface area contributed by atoms with Crippen molar-refractivity contribution in [3.63, 3.8) is 0 Å². The van der Waals surface area contributed by atoms with Gasteiger partial charge in [-0.1, -0.05) is 26.1 Å². The van der Waals surface area contributed by atoms with Crippen molar-refractivity contribution in [1.29, 1.82) is 0 Å². The molecule has 0 aromatic carbocycles. The summed E-state index contributed by atoms with van der Waals surface area (Å²) in [5, 5.41) is 0. The van der Waals surface area contributed by atoms with Gasteiger partial charge in [-0.25, -0.2) is 4.98 Å². The molecular formula is C15H24N4S. The molecule has 20 heavy (non-hydrogen) atoms. The first-order chi connectivity index (χ1) is 9.56. The Morgan fingerprint density at radius 1 is 1.45 bits per heavy atom. The van der Waals surface area contributed by atoms with Gasteiger partial charge in [-0.2, -0.15) is 0 Å². The molecule has 1 unspecified atom stereocenters. The predicted octanol–water partition coefficient (Wildman–Crippen LogP) is 1.94. The van der Waals surface area contributed by atoms with Crippen LogP contribution in [0.15, 0.2) is 12.1 Å². The molecule has 2 rings (SSSR count). The molecule has 1 aliphatic heterocycles. The first-order valence-corrected chi connectivity index (χ1v) is 7.74. The molecule has 1 aromatic rings. The van der Waals surface area contributed by atoms with E-state index in [1.807, 2.05) is 19.1 Å². The van der Waals surface area contributed by atoms with Crippen molar-refractivity contribution in [3.8, 4) is 0 Å². The van der Waals surface area contributed by atoms with Crippen molar-refractivity contribution >= 4 is 23.0 Å². The van der Waals surface area contributed by atoms with E-state index in [0.717, 1.165) is 43.3 Å². The van der Waals surface area contributed by atoms with Gasteiger partial charge in [0.2, 0.25) is 0 Å². The van der Waals surface area contributed by atoms with E-state index in [9.17, 15) is 0 Å². The molecule has 2 heterocycles. The summed E-state index contributed by atoms with van der Waals surface area (Å²) in [7, 11) is 0. The summed E-state index contributed by atoms with van der Waals surface area (Å²) in [6, 6.07) is 4.56. The van der Waals surface area contributed by atoms with Gasteiger partial charge in [0.1, 0.15) is 10.8 Å². The largest absolute Gasteiger partial charge is 0.389 e. The number of thiocarbonyl (C=S) groups is 1. The highest BCUT2D eigenvalue weighted by Crippen LogP contribution is 2.25. The fourth-order valence-corrected chi connectivity index (χ4v) is 3.11. The minimum Gasteiger partial charge on any atom is -0.389 e. The lowest BCUT2D eigenvalue weighted by Gasteiger charge is -2.27. The molecule has 110 valence electrons. The van der Waals surface area contributed by atoms with Gasteiger partial charge in [0, 0.05) is 24.8 Å². The Kier molecular flexibility index (Phi) is 4.94. The highest BCUT2D eigenvalue weighted by molar-refractivity contribution is 7.80. The molecule has 0 spiro atoms. The third-order valence-electron chi connectivity index (χ3n) is 4.07. The van der Waals surface area contributed by atoms with Crippen LogP contribution in [0.4, 0.5) is 5.82 Å². The van der Waals surface area contributed by atoms with Gasteiger partial charge in [0.05, 0.1) is 5.56 Å². The van der Waals surface area contributed by atoms with Crippen LogP contribution in [0.1, 0.15) is 31.5 Å². The van der Waals surface area contributed by atoms with Gasteiger partial charge >= 0.3 is 0 Å². The Morgan fingerprint density at radius 2 is 2.15 bits per heavy atom. The number of likely N-dealkylation sites (N-methyl/N-ethyl adjacent to an activating group) is 1. The van der Waals surface area contributed by atoms with Gasteiger partial charge in [-0.15, -0.1) is 0 Å². The van der Waals surface area contributed by atoms with Crippen LogP contribution in [0.2, 0.25) is 0 Å². The fourth-order valence-electron chi connectivity index (χ4n) is 2.95. The average molecular weight is 292 g/mol. The van der Waals surface area contributed by atoms with E-state index < -0.39 is 0 Å². The molecule has 0 amide bonds. The quantitative estimate of drug-likeness (QED) is 0.840. The lowest BCUT2D eigenvalue weighted by molar-refractivity contribution is 0.232. The Morgan fingerprint density at radius 3 is 2.75 bits per heavy atom. The number of anilines is 1. The number of nitrogens with two attached hydrogens (primary N) is 1. The van der Waals surface area contributed by atoms with Gasteiger partial charge < -0.3 is 10.6 Å². The summed E-state index contributed by atoms with van der Waals surface area (Å²) in [6.07, 6.45) is 1.17. The fraction of sp³-hybridized carbons (Fsp3) is 0.600. The van der Waals surface area contributed by atoms with E-state index in [1.54, 1.807) is 0 Å². The number of hydrogen-bond acceptors (Lipinski definition) is 4. The first-order valence-electron chi connectivity index (χ1n) is 7.33. The normalized spacial score (nSPS) is 18.8. The maximum atomic E-state index is 5.83.